The summed E-state index contributed by atoms with van der Waals surface area (Å²) in [5.74, 6) is 0. The molecule has 57 heavy (non-hydrogen) atoms. The summed E-state index contributed by atoms with van der Waals surface area (Å²) in [5.41, 5.74) is -5.44. The molecule has 0 radical (unpaired) electrons. The van der Waals surface area contributed by atoms with Gasteiger partial charge in [0.15, 0.2) is 0 Å². The molecule has 0 saturated carbocycles. The lowest BCUT2D eigenvalue weighted by Crippen LogP contribution is -2.68. The second-order valence-corrected chi connectivity index (χ2v) is 22.4. The molecule has 0 saturated heterocycles. The van der Waals surface area contributed by atoms with Crippen LogP contribution in [0.1, 0.15) is 177 Å². The zero-order chi connectivity index (χ0) is 42.9. The van der Waals surface area contributed by atoms with E-state index in [4.69, 9.17) is 39.8 Å². The molecule has 15 nitrogen and oxygen atoms in total. The summed E-state index contributed by atoms with van der Waals surface area (Å²) < 4.78 is 62.9. The van der Waals surface area contributed by atoms with Crippen LogP contribution in [0.3, 0.4) is 0 Å². The van der Waals surface area contributed by atoms with Gasteiger partial charge in [-0.15, -0.1) is 0 Å². The molecule has 0 spiro atoms. The summed E-state index contributed by atoms with van der Waals surface area (Å²) in [6.45, 7) is 26.1. The number of nitrogens with zero attached hydrogens (tertiary/aromatic N) is 3. The van der Waals surface area contributed by atoms with Crippen LogP contribution in [0.2, 0.25) is 0 Å². The van der Waals surface area contributed by atoms with Crippen molar-refractivity contribution in [3.8, 4) is 0 Å². The number of hydrogen-bond donors (Lipinski definition) is 0. The van der Waals surface area contributed by atoms with Gasteiger partial charge >= 0.3 is 43.5 Å². The first-order valence-electron chi connectivity index (χ1n) is 22.2. The summed E-state index contributed by atoms with van der Waals surface area (Å²) in [7, 11) is -11.7. The average Bonchev–Trinajstić information content (AvgIpc) is 3.22. The molecule has 18 heteroatoms. The Balaban J connectivity index is 4.86. The molecular weight excluding hydrogens is 787 g/mol. The van der Waals surface area contributed by atoms with E-state index in [0.717, 1.165) is 13.7 Å². The molecule has 1 rings (SSSR count). The van der Waals surface area contributed by atoms with Crippen molar-refractivity contribution in [1.29, 1.82) is 0 Å². The minimum atomic E-state index is -3.89. The Hall–Kier alpha value is -1.30. The van der Waals surface area contributed by atoms with Crippen molar-refractivity contribution in [2.45, 2.75) is 177 Å². The molecular formula is C39H81N3O12Si3. The predicted octanol–water partition coefficient (Wildman–Crippen LogP) is 7.30. The molecule has 1 aromatic rings. The first-order chi connectivity index (χ1) is 27.5. The van der Waals surface area contributed by atoms with Crippen LogP contribution in [-0.2, 0) is 39.8 Å². The number of aromatic nitrogens is 3. The molecule has 0 aromatic carbocycles. The standard InChI is InChI=1S/C39H81N3O12Si3/c1-13-25-46-55(47-26-14-2,48-27-15-3)34(22-10)40-37(43)41(35(23-11)56(49-28-16-4,50-29-17-5)51-30-18-6)39(45)42(38(40)44)36(24-12)57(52-31-19-7,53-32-20-8)54-33-21-9/h34-36H,13-33H2,1-12H3. The first-order valence-corrected chi connectivity index (χ1v) is 27.6. The number of rotatable bonds is 36. The zero-order valence-corrected chi connectivity index (χ0v) is 40.8. The molecule has 0 aliphatic heterocycles. The summed E-state index contributed by atoms with van der Waals surface area (Å²) >= 11 is 0. The van der Waals surface area contributed by atoms with Gasteiger partial charge in [-0.2, -0.15) is 0 Å². The van der Waals surface area contributed by atoms with E-state index in [0.29, 0.717) is 117 Å². The Morgan fingerprint density at radius 1 is 0.316 bits per heavy atom. The molecule has 0 fully saturated rings. The number of hydrogen-bond acceptors (Lipinski definition) is 12. The quantitative estimate of drug-likeness (QED) is 0.0624. The van der Waals surface area contributed by atoms with Crippen molar-refractivity contribution >= 4 is 26.4 Å². The van der Waals surface area contributed by atoms with E-state index in [1.54, 1.807) is 0 Å². The van der Waals surface area contributed by atoms with Gasteiger partial charge in [0.1, 0.15) is 17.0 Å². The van der Waals surface area contributed by atoms with E-state index in [1.165, 1.54) is 0 Å². The van der Waals surface area contributed by atoms with Crippen molar-refractivity contribution in [1.82, 2.24) is 13.7 Å². The summed E-state index contributed by atoms with van der Waals surface area (Å²) in [4.78, 5) is 46.6. The molecule has 3 atom stereocenters. The van der Waals surface area contributed by atoms with Crippen LogP contribution in [0.15, 0.2) is 14.4 Å². The summed E-state index contributed by atoms with van der Waals surface area (Å²) in [6, 6.07) is 0. The predicted molar refractivity (Wildman–Crippen MR) is 231 cm³/mol. The third-order valence-corrected chi connectivity index (χ3v) is 19.0. The van der Waals surface area contributed by atoms with Gasteiger partial charge in [0.25, 0.3) is 0 Å². The maximum atomic E-state index is 15.5. The summed E-state index contributed by atoms with van der Waals surface area (Å²) in [5, 5.41) is 0. The lowest BCUT2D eigenvalue weighted by Gasteiger charge is -2.40. The Morgan fingerprint density at radius 2 is 0.456 bits per heavy atom. The molecule has 1 aromatic heterocycles. The van der Waals surface area contributed by atoms with Crippen LogP contribution in [0.25, 0.3) is 0 Å². The van der Waals surface area contributed by atoms with Gasteiger partial charge < -0.3 is 39.8 Å². The fourth-order valence-electron chi connectivity index (χ4n) is 6.61. The molecule has 3 unspecified atom stereocenters. The second kappa shape index (κ2) is 29.0. The van der Waals surface area contributed by atoms with Crippen molar-refractivity contribution in [3.05, 3.63) is 31.5 Å². The average molecular weight is 868 g/mol. The molecule has 1 heterocycles. The third kappa shape index (κ3) is 14.1. The molecule has 0 amide bonds. The maximum absolute atomic E-state index is 15.5. The van der Waals surface area contributed by atoms with Gasteiger partial charge in [-0.3, -0.25) is 0 Å². The van der Waals surface area contributed by atoms with Crippen LogP contribution in [-0.4, -0.2) is 99.6 Å². The highest BCUT2D eigenvalue weighted by molar-refractivity contribution is 6.62. The van der Waals surface area contributed by atoms with E-state index in [1.807, 2.05) is 83.1 Å². The van der Waals surface area contributed by atoms with Gasteiger partial charge in [-0.1, -0.05) is 83.1 Å². The van der Waals surface area contributed by atoms with Crippen LogP contribution in [0.4, 0.5) is 0 Å². The lowest BCUT2D eigenvalue weighted by molar-refractivity contribution is 0.0334. The SMILES string of the molecule is CCCO[Si](OCCC)(OCCC)C(CC)n1c(=O)n(C(CC)[Si](OCCC)(OCCC)OCCC)c(=O)n(C(CC)[Si](OCCC)(OCCC)OCCC)c1=O. The highest BCUT2D eigenvalue weighted by atomic mass is 28.4. The maximum Gasteiger partial charge on any atom is 0.525 e. The van der Waals surface area contributed by atoms with Gasteiger partial charge in [-0.25, -0.2) is 28.1 Å². The van der Waals surface area contributed by atoms with Gasteiger partial charge in [0.2, 0.25) is 0 Å². The third-order valence-electron chi connectivity index (χ3n) is 9.12. The monoisotopic (exact) mass is 868 g/mol. The molecule has 336 valence electrons. The topological polar surface area (TPSA) is 149 Å². The van der Waals surface area contributed by atoms with Crippen LogP contribution in [0, 0.1) is 0 Å². The molecule has 0 bridgehead atoms. The largest absolute Gasteiger partial charge is 0.525 e. The van der Waals surface area contributed by atoms with Gasteiger partial charge in [0, 0.05) is 59.5 Å². The van der Waals surface area contributed by atoms with Crippen LogP contribution < -0.4 is 17.1 Å². The molecule has 0 aliphatic carbocycles. The highest BCUT2D eigenvalue weighted by Gasteiger charge is 2.57. The Kier molecular flexibility index (Phi) is 27.4. The lowest BCUT2D eigenvalue weighted by atomic mass is 10.4. The Labute approximate surface area is 347 Å². The Morgan fingerprint density at radius 3 is 0.561 bits per heavy atom. The minimum Gasteiger partial charge on any atom is -0.372 e. The fourth-order valence-corrected chi connectivity index (χ4v) is 16.6. The molecule has 0 N–H and O–H groups in total. The van der Waals surface area contributed by atoms with Crippen LogP contribution in [0.5, 0.6) is 0 Å². The van der Waals surface area contributed by atoms with E-state index >= 15 is 14.4 Å². The zero-order valence-electron chi connectivity index (χ0n) is 37.8. The molecule has 0 aliphatic rings. The van der Waals surface area contributed by atoms with Crippen LogP contribution >= 0.6 is 0 Å². The van der Waals surface area contributed by atoms with E-state index in [9.17, 15) is 0 Å². The van der Waals surface area contributed by atoms with E-state index < -0.39 is 60.5 Å². The summed E-state index contributed by atoms with van der Waals surface area (Å²) in [6.07, 6.45) is 6.63. The highest BCUT2D eigenvalue weighted by Crippen LogP contribution is 2.32. The smallest absolute Gasteiger partial charge is 0.372 e. The minimum absolute atomic E-state index is 0.242. The van der Waals surface area contributed by atoms with Gasteiger partial charge in [0.05, 0.1) is 0 Å². The van der Waals surface area contributed by atoms with Gasteiger partial charge in [-0.05, 0) is 77.0 Å². The van der Waals surface area contributed by atoms with Crippen molar-refractivity contribution in [3.63, 3.8) is 0 Å². The normalized spacial score (nSPS) is 14.3. The van der Waals surface area contributed by atoms with Crippen molar-refractivity contribution in [2.75, 3.05) is 59.5 Å². The second-order valence-electron chi connectivity index (χ2n) is 14.2. The van der Waals surface area contributed by atoms with E-state index in [-0.39, 0.29) is 19.3 Å². The van der Waals surface area contributed by atoms with Crippen molar-refractivity contribution < 1.29 is 39.8 Å². The Bertz CT molecular complexity index is 1140. The first kappa shape index (κ1) is 53.7. The fraction of sp³-hybridized carbons (Fsp3) is 0.923. The van der Waals surface area contributed by atoms with E-state index in [2.05, 4.69) is 0 Å². The van der Waals surface area contributed by atoms with Crippen molar-refractivity contribution in [2.24, 2.45) is 0 Å².